The number of hydrogen-bond acceptors (Lipinski definition) is 2. The van der Waals surface area contributed by atoms with Gasteiger partial charge in [0.2, 0.25) is 0 Å². The van der Waals surface area contributed by atoms with Gasteiger partial charge in [-0.1, -0.05) is 26.0 Å². The first-order valence-electron chi connectivity index (χ1n) is 4.49. The number of hydrogen-bond donors (Lipinski definition) is 1. The number of rotatable bonds is 0. The Hall–Kier alpha value is -0.340. The van der Waals surface area contributed by atoms with Crippen LogP contribution in [-0.4, -0.2) is 22.9 Å². The fourth-order valence-corrected chi connectivity index (χ4v) is 1.85. The average Bonchev–Trinajstić information content (AvgIpc) is 2.58. The molecule has 2 nitrogen and oxygen atoms in total. The fraction of sp³-hybridized carbons (Fsp3) is 0.800. The van der Waals surface area contributed by atoms with Gasteiger partial charge in [-0.25, -0.2) is 0 Å². The summed E-state index contributed by atoms with van der Waals surface area (Å²) in [7, 11) is 0. The molecule has 12 heavy (non-hydrogen) atoms. The highest BCUT2D eigenvalue weighted by atomic mass is 16.6. The van der Waals surface area contributed by atoms with Gasteiger partial charge in [0, 0.05) is 0 Å². The number of ether oxygens (including phenoxy) is 1. The molecule has 0 aromatic carbocycles. The first kappa shape index (κ1) is 8.27. The highest BCUT2D eigenvalue weighted by Gasteiger charge is 2.57. The van der Waals surface area contributed by atoms with Crippen LogP contribution in [0.5, 0.6) is 0 Å². The van der Waals surface area contributed by atoms with Crippen LogP contribution in [0.1, 0.15) is 27.2 Å². The van der Waals surface area contributed by atoms with Gasteiger partial charge in [-0.15, -0.1) is 0 Å². The van der Waals surface area contributed by atoms with E-state index < -0.39 is 0 Å². The third-order valence-electron chi connectivity index (χ3n) is 2.99. The Kier molecular flexibility index (Phi) is 1.46. The fourth-order valence-electron chi connectivity index (χ4n) is 1.85. The lowest BCUT2D eigenvalue weighted by Gasteiger charge is -2.24. The Morgan fingerprint density at radius 2 is 2.08 bits per heavy atom. The summed E-state index contributed by atoms with van der Waals surface area (Å²) in [4.78, 5) is 0. The normalized spacial score (nSPS) is 49.7. The van der Waals surface area contributed by atoms with Crippen LogP contribution in [-0.2, 0) is 4.74 Å². The van der Waals surface area contributed by atoms with Gasteiger partial charge in [0.25, 0.3) is 0 Å². The summed E-state index contributed by atoms with van der Waals surface area (Å²) in [6.07, 6.45) is 4.84. The van der Waals surface area contributed by atoms with E-state index in [4.69, 9.17) is 4.74 Å². The molecule has 1 saturated heterocycles. The number of fused-ring (bicyclic) bond motifs is 1. The molecule has 0 aromatic rings. The molecule has 0 aromatic heterocycles. The van der Waals surface area contributed by atoms with Crippen molar-refractivity contribution in [3.05, 3.63) is 12.2 Å². The monoisotopic (exact) mass is 168 g/mol. The van der Waals surface area contributed by atoms with Gasteiger partial charge >= 0.3 is 0 Å². The van der Waals surface area contributed by atoms with Crippen LogP contribution in [0.3, 0.4) is 0 Å². The van der Waals surface area contributed by atoms with Gasteiger partial charge in [-0.05, 0) is 18.8 Å². The molecular weight excluding hydrogens is 152 g/mol. The van der Waals surface area contributed by atoms with Crippen molar-refractivity contribution >= 4 is 0 Å². The predicted molar refractivity (Wildman–Crippen MR) is 46.8 cm³/mol. The molecule has 1 heterocycles. The maximum atomic E-state index is 9.83. The number of epoxide rings is 1. The zero-order valence-corrected chi connectivity index (χ0v) is 7.87. The predicted octanol–water partition coefficient (Wildman–Crippen LogP) is 1.49. The highest BCUT2D eigenvalue weighted by Crippen LogP contribution is 2.46. The topological polar surface area (TPSA) is 32.8 Å². The smallest absolute Gasteiger partial charge is 0.122 e. The quantitative estimate of drug-likeness (QED) is 0.439. The van der Waals surface area contributed by atoms with Crippen LogP contribution in [0.2, 0.25) is 0 Å². The van der Waals surface area contributed by atoms with Crippen molar-refractivity contribution in [3.8, 4) is 0 Å². The average molecular weight is 168 g/mol. The van der Waals surface area contributed by atoms with E-state index in [1.807, 2.05) is 6.92 Å². The van der Waals surface area contributed by atoms with Crippen LogP contribution in [0.15, 0.2) is 12.2 Å². The van der Waals surface area contributed by atoms with E-state index in [0.29, 0.717) is 0 Å². The van der Waals surface area contributed by atoms with E-state index >= 15 is 0 Å². The molecule has 1 fully saturated rings. The summed E-state index contributed by atoms with van der Waals surface area (Å²) < 4.78 is 5.41. The minimum absolute atomic E-state index is 0.110. The van der Waals surface area contributed by atoms with Gasteiger partial charge in [0.15, 0.2) is 0 Å². The molecule has 0 bridgehead atoms. The van der Waals surface area contributed by atoms with E-state index in [0.717, 1.165) is 6.42 Å². The van der Waals surface area contributed by atoms with Gasteiger partial charge in [-0.2, -0.15) is 0 Å². The zero-order valence-electron chi connectivity index (χ0n) is 7.87. The molecule has 0 radical (unpaired) electrons. The highest BCUT2D eigenvalue weighted by molar-refractivity contribution is 5.20. The molecule has 0 amide bonds. The summed E-state index contributed by atoms with van der Waals surface area (Å²) in [6, 6.07) is 0. The van der Waals surface area contributed by atoms with E-state index in [1.165, 1.54) is 0 Å². The number of aliphatic hydroxyl groups excluding tert-OH is 1. The van der Waals surface area contributed by atoms with Crippen molar-refractivity contribution < 1.29 is 9.84 Å². The molecule has 68 valence electrons. The minimum Gasteiger partial charge on any atom is -0.390 e. The minimum atomic E-state index is -0.326. The molecule has 2 heteroatoms. The lowest BCUT2D eigenvalue weighted by atomic mass is 9.85. The van der Waals surface area contributed by atoms with Crippen LogP contribution in [0, 0.1) is 5.41 Å². The van der Waals surface area contributed by atoms with Crippen molar-refractivity contribution in [3.63, 3.8) is 0 Å². The first-order valence-corrected chi connectivity index (χ1v) is 4.49. The van der Waals surface area contributed by atoms with E-state index in [2.05, 4.69) is 26.0 Å². The van der Waals surface area contributed by atoms with Gasteiger partial charge in [0.05, 0.1) is 6.10 Å². The second kappa shape index (κ2) is 2.12. The van der Waals surface area contributed by atoms with Crippen LogP contribution in [0.25, 0.3) is 0 Å². The van der Waals surface area contributed by atoms with Crippen molar-refractivity contribution in [2.75, 3.05) is 0 Å². The van der Waals surface area contributed by atoms with Crippen molar-refractivity contribution in [2.24, 2.45) is 5.41 Å². The standard InChI is InChI=1S/C10H16O2/c1-9(2)5-4-8-10(3,12-8)7(11)6-9/h4-5,7-8,11H,6H2,1-3H3/t7-,8+,10-/m0/s1. The third-order valence-corrected chi connectivity index (χ3v) is 2.99. The van der Waals surface area contributed by atoms with Crippen molar-refractivity contribution in [1.82, 2.24) is 0 Å². The largest absolute Gasteiger partial charge is 0.390 e. The molecule has 2 aliphatic rings. The first-order chi connectivity index (χ1) is 5.44. The van der Waals surface area contributed by atoms with Crippen LogP contribution >= 0.6 is 0 Å². The zero-order chi connectivity index (χ0) is 8.98. The van der Waals surface area contributed by atoms with Crippen molar-refractivity contribution in [2.45, 2.75) is 45.0 Å². The summed E-state index contributed by atoms with van der Waals surface area (Å²) in [5.41, 5.74) is -0.177. The Bertz CT molecular complexity index is 232. The van der Waals surface area contributed by atoms with E-state index in [1.54, 1.807) is 0 Å². The molecule has 3 atom stereocenters. The Balaban J connectivity index is 2.23. The molecule has 1 aliphatic carbocycles. The van der Waals surface area contributed by atoms with Gasteiger partial charge in [0.1, 0.15) is 11.7 Å². The van der Waals surface area contributed by atoms with E-state index in [9.17, 15) is 5.11 Å². The number of aliphatic hydroxyl groups is 1. The van der Waals surface area contributed by atoms with Gasteiger partial charge < -0.3 is 9.84 Å². The molecular formula is C10H16O2. The lowest BCUT2D eigenvalue weighted by molar-refractivity contribution is 0.0557. The summed E-state index contributed by atoms with van der Waals surface area (Å²) in [5.74, 6) is 0. The summed E-state index contributed by atoms with van der Waals surface area (Å²) in [5, 5.41) is 9.83. The Morgan fingerprint density at radius 1 is 1.42 bits per heavy atom. The van der Waals surface area contributed by atoms with Crippen molar-refractivity contribution in [1.29, 1.82) is 0 Å². The maximum Gasteiger partial charge on any atom is 0.122 e. The SMILES string of the molecule is CC1(C)C=C[C@H]2O[C@@]2(C)[C@@H](O)C1. The Morgan fingerprint density at radius 3 is 2.75 bits per heavy atom. The van der Waals surface area contributed by atoms with E-state index in [-0.39, 0.29) is 23.2 Å². The summed E-state index contributed by atoms with van der Waals surface area (Å²) >= 11 is 0. The molecule has 1 aliphatic heterocycles. The molecule has 1 N–H and O–H groups in total. The molecule has 0 saturated carbocycles. The lowest BCUT2D eigenvalue weighted by Crippen LogP contribution is -2.31. The second-order valence-corrected chi connectivity index (χ2v) is 4.79. The van der Waals surface area contributed by atoms with Crippen LogP contribution in [0.4, 0.5) is 0 Å². The molecule has 2 rings (SSSR count). The third kappa shape index (κ3) is 1.10. The van der Waals surface area contributed by atoms with Gasteiger partial charge in [-0.3, -0.25) is 0 Å². The number of allylic oxidation sites excluding steroid dienone is 1. The second-order valence-electron chi connectivity index (χ2n) is 4.79. The molecule has 0 unspecified atom stereocenters. The maximum absolute atomic E-state index is 9.83. The molecule has 0 spiro atoms. The Labute approximate surface area is 73.2 Å². The summed E-state index contributed by atoms with van der Waals surface area (Å²) in [6.45, 7) is 6.26. The van der Waals surface area contributed by atoms with Crippen LogP contribution < -0.4 is 0 Å².